The molecular formula is C18H36N2O. The lowest BCUT2D eigenvalue weighted by molar-refractivity contribution is -0.0560. The Kier molecular flexibility index (Phi) is 6.10. The minimum absolute atomic E-state index is 0.436. The average molecular weight is 296 g/mol. The Morgan fingerprint density at radius 2 is 1.62 bits per heavy atom. The number of piperidine rings is 2. The molecule has 2 fully saturated rings. The number of β-amino-alcohol motifs (C(OH)–C–C–N with tert-alkyl or cyclic N) is 1. The van der Waals surface area contributed by atoms with E-state index >= 15 is 0 Å². The number of hydrogen-bond donors (Lipinski definition) is 1. The molecular weight excluding hydrogens is 260 g/mol. The van der Waals surface area contributed by atoms with E-state index in [0.717, 1.165) is 44.3 Å². The third kappa shape index (κ3) is 4.67. The summed E-state index contributed by atoms with van der Waals surface area (Å²) >= 11 is 0. The molecule has 3 nitrogen and oxygen atoms in total. The van der Waals surface area contributed by atoms with Gasteiger partial charge in [0.05, 0.1) is 5.60 Å². The van der Waals surface area contributed by atoms with Crippen LogP contribution in [-0.4, -0.2) is 59.3 Å². The van der Waals surface area contributed by atoms with Crippen LogP contribution in [0.15, 0.2) is 0 Å². The summed E-state index contributed by atoms with van der Waals surface area (Å²) in [5.74, 6) is 1.77. The molecule has 0 aromatic heterocycles. The van der Waals surface area contributed by atoms with Gasteiger partial charge in [0.25, 0.3) is 0 Å². The van der Waals surface area contributed by atoms with E-state index in [1.165, 1.54) is 32.4 Å². The van der Waals surface area contributed by atoms with Gasteiger partial charge in [0, 0.05) is 25.7 Å². The second-order valence-electron chi connectivity index (χ2n) is 7.85. The zero-order chi connectivity index (χ0) is 15.5. The lowest BCUT2D eigenvalue weighted by Crippen LogP contribution is -2.53. The topological polar surface area (TPSA) is 26.7 Å². The number of hydrogen-bond acceptors (Lipinski definition) is 3. The van der Waals surface area contributed by atoms with Gasteiger partial charge in [-0.3, -0.25) is 0 Å². The van der Waals surface area contributed by atoms with Crippen LogP contribution in [0.5, 0.6) is 0 Å². The highest BCUT2D eigenvalue weighted by Crippen LogP contribution is 2.30. The van der Waals surface area contributed by atoms with Crippen molar-refractivity contribution in [1.82, 2.24) is 9.80 Å². The number of nitrogens with zero attached hydrogens (tertiary/aromatic N) is 2. The summed E-state index contributed by atoms with van der Waals surface area (Å²) < 4.78 is 0. The van der Waals surface area contributed by atoms with E-state index < -0.39 is 5.60 Å². The minimum Gasteiger partial charge on any atom is -0.388 e. The number of likely N-dealkylation sites (tertiary alicyclic amines) is 2. The molecule has 2 rings (SSSR count). The fourth-order valence-corrected chi connectivity index (χ4v) is 4.04. The van der Waals surface area contributed by atoms with E-state index in [1.54, 1.807) is 0 Å². The monoisotopic (exact) mass is 296 g/mol. The van der Waals surface area contributed by atoms with Gasteiger partial charge >= 0.3 is 0 Å². The minimum atomic E-state index is -0.436. The first-order chi connectivity index (χ1) is 9.93. The van der Waals surface area contributed by atoms with Gasteiger partial charge in [-0.15, -0.1) is 0 Å². The Bertz CT molecular complexity index is 302. The van der Waals surface area contributed by atoms with E-state index in [-0.39, 0.29) is 0 Å². The standard InChI is InChI=1S/C18H36N2O/c1-5-16(4)17-6-10-19(11-7-17)14-18(21)8-12-20(13-9-18)15(2)3/h15-17,21H,5-14H2,1-4H3. The van der Waals surface area contributed by atoms with E-state index in [1.807, 2.05) is 0 Å². The molecule has 0 aliphatic carbocycles. The number of aliphatic hydroxyl groups is 1. The van der Waals surface area contributed by atoms with Crippen molar-refractivity contribution in [2.45, 2.75) is 71.4 Å². The van der Waals surface area contributed by atoms with Crippen LogP contribution < -0.4 is 0 Å². The highest BCUT2D eigenvalue weighted by atomic mass is 16.3. The average Bonchev–Trinajstić information content (AvgIpc) is 2.47. The molecule has 1 atom stereocenters. The molecule has 0 bridgehead atoms. The van der Waals surface area contributed by atoms with Gasteiger partial charge < -0.3 is 14.9 Å². The first-order valence-corrected chi connectivity index (χ1v) is 9.12. The Labute approximate surface area is 131 Å². The largest absolute Gasteiger partial charge is 0.388 e. The maximum atomic E-state index is 10.9. The van der Waals surface area contributed by atoms with Gasteiger partial charge in [-0.05, 0) is 64.5 Å². The molecule has 0 amide bonds. The van der Waals surface area contributed by atoms with Crippen molar-refractivity contribution in [3.8, 4) is 0 Å². The summed E-state index contributed by atoms with van der Waals surface area (Å²) in [5, 5.41) is 10.9. The first kappa shape index (κ1) is 17.2. The summed E-state index contributed by atoms with van der Waals surface area (Å²) in [4.78, 5) is 5.01. The van der Waals surface area contributed by atoms with Gasteiger partial charge in [-0.1, -0.05) is 20.3 Å². The van der Waals surface area contributed by atoms with Crippen LogP contribution in [0.4, 0.5) is 0 Å². The van der Waals surface area contributed by atoms with Crippen LogP contribution in [0.25, 0.3) is 0 Å². The maximum absolute atomic E-state index is 10.9. The predicted molar refractivity (Wildman–Crippen MR) is 89.5 cm³/mol. The fourth-order valence-electron chi connectivity index (χ4n) is 4.04. The molecule has 2 aliphatic heterocycles. The molecule has 1 N–H and O–H groups in total. The Morgan fingerprint density at radius 3 is 2.10 bits per heavy atom. The third-order valence-corrected chi connectivity index (χ3v) is 6.06. The molecule has 1 unspecified atom stereocenters. The maximum Gasteiger partial charge on any atom is 0.0798 e. The van der Waals surface area contributed by atoms with Crippen LogP contribution in [0.1, 0.15) is 59.8 Å². The normalized spacial score (nSPS) is 27.1. The van der Waals surface area contributed by atoms with E-state index in [4.69, 9.17) is 0 Å². The second kappa shape index (κ2) is 7.43. The van der Waals surface area contributed by atoms with Gasteiger partial charge in [0.2, 0.25) is 0 Å². The molecule has 2 aliphatic rings. The summed E-state index contributed by atoms with van der Waals surface area (Å²) in [6, 6.07) is 0.612. The van der Waals surface area contributed by atoms with Gasteiger partial charge in [0.1, 0.15) is 0 Å². The summed E-state index contributed by atoms with van der Waals surface area (Å²) in [7, 11) is 0. The summed E-state index contributed by atoms with van der Waals surface area (Å²) in [6.07, 6.45) is 5.83. The predicted octanol–water partition coefficient (Wildman–Crippen LogP) is 2.98. The van der Waals surface area contributed by atoms with Crippen molar-refractivity contribution >= 4 is 0 Å². The van der Waals surface area contributed by atoms with Crippen LogP contribution in [0.2, 0.25) is 0 Å². The Hall–Kier alpha value is -0.120. The van der Waals surface area contributed by atoms with Crippen LogP contribution in [-0.2, 0) is 0 Å². The third-order valence-electron chi connectivity index (χ3n) is 6.06. The van der Waals surface area contributed by atoms with Crippen molar-refractivity contribution in [3.05, 3.63) is 0 Å². The molecule has 0 aromatic carbocycles. The van der Waals surface area contributed by atoms with Gasteiger partial charge in [-0.2, -0.15) is 0 Å². The SMILES string of the molecule is CCC(C)C1CCN(CC2(O)CCN(C(C)C)CC2)CC1. The lowest BCUT2D eigenvalue weighted by atomic mass is 9.83. The molecule has 3 heteroatoms. The summed E-state index contributed by atoms with van der Waals surface area (Å²) in [6.45, 7) is 14.6. The van der Waals surface area contributed by atoms with Crippen molar-refractivity contribution in [2.24, 2.45) is 11.8 Å². The molecule has 2 saturated heterocycles. The van der Waals surface area contributed by atoms with Crippen molar-refractivity contribution < 1.29 is 5.11 Å². The van der Waals surface area contributed by atoms with Crippen LogP contribution in [0.3, 0.4) is 0 Å². The van der Waals surface area contributed by atoms with Crippen molar-refractivity contribution in [2.75, 3.05) is 32.7 Å². The van der Waals surface area contributed by atoms with Crippen LogP contribution in [0, 0.1) is 11.8 Å². The van der Waals surface area contributed by atoms with Crippen molar-refractivity contribution in [3.63, 3.8) is 0 Å². The van der Waals surface area contributed by atoms with Gasteiger partial charge in [-0.25, -0.2) is 0 Å². The Morgan fingerprint density at radius 1 is 1.05 bits per heavy atom. The number of rotatable bonds is 5. The molecule has 21 heavy (non-hydrogen) atoms. The fraction of sp³-hybridized carbons (Fsp3) is 1.00. The smallest absolute Gasteiger partial charge is 0.0798 e. The molecule has 0 spiro atoms. The van der Waals surface area contributed by atoms with E-state index in [9.17, 15) is 5.11 Å². The quantitative estimate of drug-likeness (QED) is 0.845. The zero-order valence-corrected chi connectivity index (χ0v) is 14.6. The van der Waals surface area contributed by atoms with Crippen LogP contribution >= 0.6 is 0 Å². The Balaban J connectivity index is 1.76. The van der Waals surface area contributed by atoms with Crippen molar-refractivity contribution in [1.29, 1.82) is 0 Å². The second-order valence-corrected chi connectivity index (χ2v) is 7.85. The van der Waals surface area contributed by atoms with E-state index in [2.05, 4.69) is 37.5 Å². The molecule has 0 aromatic rings. The molecule has 0 saturated carbocycles. The van der Waals surface area contributed by atoms with Gasteiger partial charge in [0.15, 0.2) is 0 Å². The first-order valence-electron chi connectivity index (χ1n) is 9.12. The highest BCUT2D eigenvalue weighted by Gasteiger charge is 2.35. The molecule has 0 radical (unpaired) electrons. The summed E-state index contributed by atoms with van der Waals surface area (Å²) in [5.41, 5.74) is -0.436. The highest BCUT2D eigenvalue weighted by molar-refractivity contribution is 4.90. The zero-order valence-electron chi connectivity index (χ0n) is 14.6. The molecule has 124 valence electrons. The van der Waals surface area contributed by atoms with E-state index in [0.29, 0.717) is 6.04 Å². The molecule has 2 heterocycles. The lowest BCUT2D eigenvalue weighted by Gasteiger charge is -2.44.